The molecule has 1 aliphatic heterocycles. The molecule has 84 valence electrons. The van der Waals surface area contributed by atoms with Gasteiger partial charge in [-0.05, 0) is 49.7 Å². The monoisotopic (exact) mass is 216 g/mol. The second-order valence-electron chi connectivity index (χ2n) is 5.29. The molecule has 0 spiro atoms. The maximum absolute atomic E-state index is 11.5. The molecule has 0 radical (unpaired) electrons. The normalized spacial score (nSPS) is 32.8. The molecule has 0 bridgehead atoms. The summed E-state index contributed by atoms with van der Waals surface area (Å²) < 4.78 is 5.28. The third-order valence-electron chi connectivity index (χ3n) is 4.11. The summed E-state index contributed by atoms with van der Waals surface area (Å²) in [5.74, 6) is 0.636. The van der Waals surface area contributed by atoms with Gasteiger partial charge in [0.15, 0.2) is 0 Å². The van der Waals surface area contributed by atoms with Crippen LogP contribution < -0.4 is 0 Å². The Hall–Kier alpha value is -1.31. The van der Waals surface area contributed by atoms with Crippen LogP contribution in [0.4, 0.5) is 0 Å². The molecule has 0 fully saturated rings. The molecule has 1 heterocycles. The van der Waals surface area contributed by atoms with Crippen molar-refractivity contribution >= 4 is 5.97 Å². The summed E-state index contributed by atoms with van der Waals surface area (Å²) in [5.41, 5.74) is 3.52. The van der Waals surface area contributed by atoms with E-state index in [4.69, 9.17) is 4.74 Å². The maximum Gasteiger partial charge on any atom is 0.339 e. The third-order valence-corrected chi connectivity index (χ3v) is 4.11. The van der Waals surface area contributed by atoms with Gasteiger partial charge in [-0.15, -0.1) is 0 Å². The van der Waals surface area contributed by atoms with Crippen molar-refractivity contribution in [3.05, 3.63) is 34.6 Å². The van der Waals surface area contributed by atoms with Crippen LogP contribution in [0.1, 0.15) is 39.5 Å². The lowest BCUT2D eigenvalue weighted by Gasteiger charge is -2.37. The van der Waals surface area contributed by atoms with E-state index in [0.717, 1.165) is 29.7 Å². The van der Waals surface area contributed by atoms with Crippen molar-refractivity contribution in [1.29, 1.82) is 0 Å². The van der Waals surface area contributed by atoms with Gasteiger partial charge in [-0.25, -0.2) is 4.79 Å². The first-order valence-corrected chi connectivity index (χ1v) is 5.95. The van der Waals surface area contributed by atoms with E-state index in [1.54, 1.807) is 0 Å². The Morgan fingerprint density at radius 2 is 2.25 bits per heavy atom. The lowest BCUT2D eigenvalue weighted by molar-refractivity contribution is -0.133. The number of carbonyl (C=O) groups is 1. The molecule has 16 heavy (non-hydrogen) atoms. The Morgan fingerprint density at radius 3 is 3.06 bits per heavy atom. The zero-order valence-electron chi connectivity index (χ0n) is 9.80. The Bertz CT molecular complexity index is 465. The quantitative estimate of drug-likeness (QED) is 0.581. The van der Waals surface area contributed by atoms with Crippen molar-refractivity contribution in [1.82, 2.24) is 0 Å². The van der Waals surface area contributed by atoms with Crippen molar-refractivity contribution < 1.29 is 9.53 Å². The van der Waals surface area contributed by atoms with Gasteiger partial charge in [0.05, 0.1) is 0 Å². The summed E-state index contributed by atoms with van der Waals surface area (Å²) in [6.07, 6.45) is 8.96. The van der Waals surface area contributed by atoms with Gasteiger partial charge >= 0.3 is 5.97 Å². The Labute approximate surface area is 95.7 Å². The number of fused-ring (bicyclic) bond motifs is 2. The predicted octanol–water partition coefficient (Wildman–Crippen LogP) is 3.26. The molecule has 0 saturated carbocycles. The second kappa shape index (κ2) is 3.09. The first-order valence-electron chi connectivity index (χ1n) is 5.95. The number of hydrogen-bond donors (Lipinski definition) is 0. The van der Waals surface area contributed by atoms with E-state index >= 15 is 0 Å². The number of hydrogen-bond acceptors (Lipinski definition) is 2. The minimum atomic E-state index is -0.163. The van der Waals surface area contributed by atoms with Gasteiger partial charge in [0.25, 0.3) is 0 Å². The molecule has 2 heteroatoms. The average Bonchev–Trinajstić information content (AvgIpc) is 2.51. The zero-order valence-corrected chi connectivity index (χ0v) is 9.80. The fourth-order valence-corrected chi connectivity index (χ4v) is 2.98. The van der Waals surface area contributed by atoms with Gasteiger partial charge in [-0.2, -0.15) is 0 Å². The molecule has 0 aromatic heterocycles. The van der Waals surface area contributed by atoms with Gasteiger partial charge in [0, 0.05) is 11.1 Å². The molecule has 0 aromatic carbocycles. The highest BCUT2D eigenvalue weighted by molar-refractivity contribution is 5.94. The first kappa shape index (κ1) is 9.88. The van der Waals surface area contributed by atoms with Crippen LogP contribution in [0.15, 0.2) is 34.6 Å². The van der Waals surface area contributed by atoms with Crippen LogP contribution in [0.3, 0.4) is 0 Å². The molecule has 1 unspecified atom stereocenters. The van der Waals surface area contributed by atoms with E-state index < -0.39 is 0 Å². The predicted molar refractivity (Wildman–Crippen MR) is 61.5 cm³/mol. The number of carbonyl (C=O) groups excluding carboxylic acids is 1. The third kappa shape index (κ3) is 1.22. The second-order valence-corrected chi connectivity index (χ2v) is 5.29. The minimum absolute atomic E-state index is 0.163. The van der Waals surface area contributed by atoms with E-state index in [1.807, 2.05) is 6.92 Å². The standard InChI is InChI=1S/C14H16O2/c1-9-11-8-14(2)6-4-3-5-10(14)7-12(11)16-13(9)15/h5,7H,3-4,6,8H2,1-2H3. The molecule has 2 aliphatic carbocycles. The van der Waals surface area contributed by atoms with Crippen LogP contribution in [0, 0.1) is 5.41 Å². The molecule has 1 atom stereocenters. The fourth-order valence-electron chi connectivity index (χ4n) is 2.98. The van der Waals surface area contributed by atoms with Crippen molar-refractivity contribution in [2.24, 2.45) is 5.41 Å². The smallest absolute Gasteiger partial charge is 0.339 e. The van der Waals surface area contributed by atoms with Crippen LogP contribution in [0.5, 0.6) is 0 Å². The highest BCUT2D eigenvalue weighted by atomic mass is 16.5. The van der Waals surface area contributed by atoms with Crippen molar-refractivity contribution in [3.8, 4) is 0 Å². The summed E-state index contributed by atoms with van der Waals surface area (Å²) in [7, 11) is 0. The van der Waals surface area contributed by atoms with E-state index in [9.17, 15) is 4.79 Å². The van der Waals surface area contributed by atoms with Crippen molar-refractivity contribution in [3.63, 3.8) is 0 Å². The highest BCUT2D eigenvalue weighted by Gasteiger charge is 2.40. The Kier molecular flexibility index (Phi) is 1.91. The number of rotatable bonds is 0. The number of allylic oxidation sites excluding steroid dienone is 4. The molecule has 3 rings (SSSR count). The van der Waals surface area contributed by atoms with Gasteiger partial charge in [0.1, 0.15) is 5.76 Å². The molecule has 0 saturated heterocycles. The Balaban J connectivity index is 2.13. The van der Waals surface area contributed by atoms with E-state index in [1.165, 1.54) is 18.4 Å². The summed E-state index contributed by atoms with van der Waals surface area (Å²) >= 11 is 0. The van der Waals surface area contributed by atoms with Crippen molar-refractivity contribution in [2.75, 3.05) is 0 Å². The van der Waals surface area contributed by atoms with Crippen LogP contribution in [0.2, 0.25) is 0 Å². The van der Waals surface area contributed by atoms with Crippen LogP contribution in [-0.4, -0.2) is 5.97 Å². The number of esters is 1. The molecule has 0 amide bonds. The van der Waals surface area contributed by atoms with Gasteiger partial charge in [0.2, 0.25) is 0 Å². The topological polar surface area (TPSA) is 26.3 Å². The summed E-state index contributed by atoms with van der Waals surface area (Å²) in [5, 5.41) is 0. The fraction of sp³-hybridized carbons (Fsp3) is 0.500. The summed E-state index contributed by atoms with van der Waals surface area (Å²) in [6, 6.07) is 0. The Morgan fingerprint density at radius 1 is 1.44 bits per heavy atom. The maximum atomic E-state index is 11.5. The molecule has 3 aliphatic rings. The van der Waals surface area contributed by atoms with E-state index in [2.05, 4.69) is 19.1 Å². The highest BCUT2D eigenvalue weighted by Crippen LogP contribution is 2.50. The van der Waals surface area contributed by atoms with Crippen LogP contribution in [0.25, 0.3) is 0 Å². The zero-order chi connectivity index (χ0) is 11.3. The van der Waals surface area contributed by atoms with Gasteiger partial charge < -0.3 is 4.74 Å². The van der Waals surface area contributed by atoms with Gasteiger partial charge in [-0.1, -0.05) is 13.0 Å². The molecule has 2 nitrogen and oxygen atoms in total. The van der Waals surface area contributed by atoms with E-state index in [0.29, 0.717) is 0 Å². The van der Waals surface area contributed by atoms with Crippen LogP contribution in [-0.2, 0) is 9.53 Å². The lowest BCUT2D eigenvalue weighted by atomic mass is 9.67. The molecular weight excluding hydrogens is 200 g/mol. The number of ether oxygens (including phenoxy) is 1. The molecule has 0 N–H and O–H groups in total. The minimum Gasteiger partial charge on any atom is -0.423 e. The molecule has 0 aromatic rings. The largest absolute Gasteiger partial charge is 0.423 e. The average molecular weight is 216 g/mol. The lowest BCUT2D eigenvalue weighted by Crippen LogP contribution is -2.25. The summed E-state index contributed by atoms with van der Waals surface area (Å²) in [4.78, 5) is 11.5. The van der Waals surface area contributed by atoms with Crippen molar-refractivity contribution in [2.45, 2.75) is 39.5 Å². The SMILES string of the molecule is CC1=C2CC3(C)CCCC=C3C=C2OC1=O. The molecular formula is C14H16O2. The van der Waals surface area contributed by atoms with Crippen LogP contribution >= 0.6 is 0 Å². The van der Waals surface area contributed by atoms with E-state index in [-0.39, 0.29) is 11.4 Å². The van der Waals surface area contributed by atoms with Gasteiger partial charge in [-0.3, -0.25) is 0 Å². The summed E-state index contributed by atoms with van der Waals surface area (Å²) in [6.45, 7) is 4.17. The first-order chi connectivity index (χ1) is 7.60.